The predicted octanol–water partition coefficient (Wildman–Crippen LogP) is 2.20. The summed E-state index contributed by atoms with van der Waals surface area (Å²) in [5.74, 6) is -1.99. The number of rotatable bonds is 7. The van der Waals surface area contributed by atoms with Gasteiger partial charge in [0.2, 0.25) is 10.0 Å². The van der Waals surface area contributed by atoms with Crippen LogP contribution in [0.3, 0.4) is 0 Å². The molecule has 0 radical (unpaired) electrons. The van der Waals surface area contributed by atoms with Crippen LogP contribution in [-0.4, -0.2) is 40.4 Å². The number of halogens is 1. The van der Waals surface area contributed by atoms with Gasteiger partial charge in [-0.3, -0.25) is 14.3 Å². The molecule has 198 valence electrons. The van der Waals surface area contributed by atoms with Gasteiger partial charge < -0.3 is 9.30 Å². The minimum Gasteiger partial charge on any atom is -0.468 e. The van der Waals surface area contributed by atoms with Crippen molar-refractivity contribution in [3.8, 4) is 0 Å². The van der Waals surface area contributed by atoms with Gasteiger partial charge >= 0.3 is 5.97 Å². The van der Waals surface area contributed by atoms with E-state index in [1.54, 1.807) is 0 Å². The van der Waals surface area contributed by atoms with Crippen LogP contribution in [0.15, 0.2) is 81.5 Å². The van der Waals surface area contributed by atoms with Crippen molar-refractivity contribution in [1.29, 1.82) is 0 Å². The molecule has 0 spiro atoms. The number of nitrogens with two attached hydrogens (primary N) is 1. The van der Waals surface area contributed by atoms with Crippen LogP contribution < -0.4 is 14.7 Å². The fraction of sp³-hybridized carbons (Fsp3) is 0.0870. The first-order chi connectivity index (χ1) is 17.9. The number of anilines is 1. The van der Waals surface area contributed by atoms with Crippen LogP contribution in [0, 0.1) is 5.82 Å². The van der Waals surface area contributed by atoms with E-state index in [1.807, 2.05) is 0 Å². The molecule has 0 aliphatic carbocycles. The molecule has 0 atom stereocenters. The van der Waals surface area contributed by atoms with E-state index in [1.165, 1.54) is 54.1 Å². The lowest BCUT2D eigenvalue weighted by Crippen LogP contribution is -2.22. The third-order valence-electron chi connectivity index (χ3n) is 5.18. The number of carbonyl (C=O) groups excluding carboxylic acids is 2. The van der Waals surface area contributed by atoms with Crippen LogP contribution >= 0.6 is 11.3 Å². The van der Waals surface area contributed by atoms with Gasteiger partial charge in [-0.2, -0.15) is 4.99 Å². The Kier molecular flexibility index (Phi) is 7.46. The Bertz CT molecular complexity index is 1850. The lowest BCUT2D eigenvalue weighted by atomic mass is 10.2. The van der Waals surface area contributed by atoms with Crippen molar-refractivity contribution in [2.45, 2.75) is 16.3 Å². The Hall–Kier alpha value is -3.92. The van der Waals surface area contributed by atoms with Gasteiger partial charge in [-0.05, 0) is 60.7 Å². The van der Waals surface area contributed by atoms with Crippen molar-refractivity contribution in [2.75, 3.05) is 11.8 Å². The number of amides is 1. The fourth-order valence-electron chi connectivity index (χ4n) is 3.36. The van der Waals surface area contributed by atoms with Crippen LogP contribution in [0.25, 0.3) is 10.2 Å². The normalized spacial score (nSPS) is 12.4. The molecule has 3 N–H and O–H groups in total. The number of nitrogens with zero attached hydrogens (tertiary/aromatic N) is 2. The number of benzene rings is 3. The average molecular weight is 579 g/mol. The summed E-state index contributed by atoms with van der Waals surface area (Å²) in [6.07, 6.45) is 0. The smallest absolute Gasteiger partial charge is 0.325 e. The Balaban J connectivity index is 1.72. The summed E-state index contributed by atoms with van der Waals surface area (Å²) in [6.45, 7) is -0.311. The number of hydrogen-bond donors (Lipinski definition) is 2. The van der Waals surface area contributed by atoms with E-state index in [2.05, 4.69) is 9.71 Å². The average Bonchev–Trinajstić information content (AvgIpc) is 3.19. The summed E-state index contributed by atoms with van der Waals surface area (Å²) >= 11 is 0.948. The molecule has 0 saturated carbocycles. The molecular formula is C23H19FN4O7S3. The van der Waals surface area contributed by atoms with Gasteiger partial charge in [-0.25, -0.2) is 26.4 Å². The summed E-state index contributed by atoms with van der Waals surface area (Å²) in [5, 5.41) is 5.21. The summed E-state index contributed by atoms with van der Waals surface area (Å²) in [7, 11) is -6.87. The molecule has 0 aliphatic rings. The molecule has 1 aromatic heterocycles. The van der Waals surface area contributed by atoms with Crippen LogP contribution in [0.1, 0.15) is 10.4 Å². The van der Waals surface area contributed by atoms with Gasteiger partial charge in [-0.1, -0.05) is 17.4 Å². The minimum absolute atomic E-state index is 0.0246. The first-order valence-corrected chi connectivity index (χ1v) is 14.4. The van der Waals surface area contributed by atoms with E-state index in [4.69, 9.17) is 9.88 Å². The van der Waals surface area contributed by atoms with E-state index in [-0.39, 0.29) is 32.4 Å². The highest BCUT2D eigenvalue weighted by atomic mass is 32.2. The second-order valence-corrected chi connectivity index (χ2v) is 12.0. The first-order valence-electron chi connectivity index (χ1n) is 10.6. The maximum atomic E-state index is 13.2. The predicted molar refractivity (Wildman–Crippen MR) is 137 cm³/mol. The Morgan fingerprint density at radius 2 is 1.71 bits per heavy atom. The number of fused-ring (bicyclic) bond motifs is 1. The topological polar surface area (TPSA) is 167 Å². The van der Waals surface area contributed by atoms with Gasteiger partial charge in [0, 0.05) is 11.3 Å². The van der Waals surface area contributed by atoms with Crippen LogP contribution in [0.5, 0.6) is 0 Å². The first kappa shape index (κ1) is 27.1. The van der Waals surface area contributed by atoms with Crippen molar-refractivity contribution in [3.05, 3.63) is 82.9 Å². The number of ether oxygens (including phenoxy) is 1. The molecule has 1 amide bonds. The highest BCUT2D eigenvalue weighted by molar-refractivity contribution is 7.92. The molecule has 0 aliphatic heterocycles. The second-order valence-electron chi connectivity index (χ2n) is 7.78. The highest BCUT2D eigenvalue weighted by Crippen LogP contribution is 2.22. The summed E-state index contributed by atoms with van der Waals surface area (Å²) in [5.41, 5.74) is 0.503. The van der Waals surface area contributed by atoms with E-state index >= 15 is 0 Å². The second kappa shape index (κ2) is 10.4. The summed E-state index contributed by atoms with van der Waals surface area (Å²) < 4.78 is 70.7. The number of esters is 1. The van der Waals surface area contributed by atoms with E-state index < -0.39 is 37.7 Å². The molecule has 0 unspecified atom stereocenters. The quantitative estimate of drug-likeness (QED) is 0.317. The number of thiazole rings is 1. The molecule has 4 aromatic rings. The molecule has 4 rings (SSSR count). The zero-order chi connectivity index (χ0) is 27.7. The van der Waals surface area contributed by atoms with Crippen LogP contribution in [-0.2, 0) is 36.1 Å². The molecule has 11 nitrogen and oxygen atoms in total. The molecular weight excluding hydrogens is 559 g/mol. The van der Waals surface area contributed by atoms with E-state index in [0.717, 1.165) is 35.6 Å². The van der Waals surface area contributed by atoms with E-state index in [0.29, 0.717) is 10.2 Å². The maximum absolute atomic E-state index is 13.2. The van der Waals surface area contributed by atoms with Gasteiger partial charge in [0.1, 0.15) is 12.4 Å². The molecule has 1 heterocycles. The standard InChI is InChI=1S/C23H19FN4O7S3/c1-35-21(29)13-28-19-10-9-18(37(25,31)32)12-20(19)36-23(28)26-22(30)14-3-2-4-16(11-14)27-38(33,34)17-7-5-15(24)6-8-17/h2-12,27H,13H2,1H3,(H2,25,31,32). The van der Waals surface area contributed by atoms with Gasteiger partial charge in [0.05, 0.1) is 27.1 Å². The number of hydrogen-bond acceptors (Lipinski definition) is 8. The molecule has 0 bridgehead atoms. The SMILES string of the molecule is COC(=O)Cn1c(=NC(=O)c2cccc(NS(=O)(=O)c3ccc(F)cc3)c2)sc2cc(S(N)(=O)=O)ccc21. The van der Waals surface area contributed by atoms with Crippen molar-refractivity contribution in [3.63, 3.8) is 0 Å². The number of methoxy groups -OCH3 is 1. The summed E-state index contributed by atoms with van der Waals surface area (Å²) in [4.78, 5) is 28.9. The van der Waals surface area contributed by atoms with Crippen LogP contribution in [0.4, 0.5) is 10.1 Å². The number of sulfonamides is 2. The number of carbonyl (C=O) groups is 2. The largest absolute Gasteiger partial charge is 0.468 e. The Morgan fingerprint density at radius 1 is 1.03 bits per heavy atom. The number of primary sulfonamides is 1. The monoisotopic (exact) mass is 578 g/mol. The number of aromatic nitrogens is 1. The van der Waals surface area contributed by atoms with Gasteiger partial charge in [-0.15, -0.1) is 0 Å². The number of nitrogens with one attached hydrogen (secondary N) is 1. The molecule has 38 heavy (non-hydrogen) atoms. The molecule has 0 saturated heterocycles. The maximum Gasteiger partial charge on any atom is 0.325 e. The molecule has 3 aromatic carbocycles. The van der Waals surface area contributed by atoms with E-state index in [9.17, 15) is 30.8 Å². The van der Waals surface area contributed by atoms with Gasteiger partial charge in [0.25, 0.3) is 15.9 Å². The zero-order valence-electron chi connectivity index (χ0n) is 19.5. The van der Waals surface area contributed by atoms with Crippen molar-refractivity contribution >= 4 is 59.2 Å². The lowest BCUT2D eigenvalue weighted by molar-refractivity contribution is -0.141. The zero-order valence-corrected chi connectivity index (χ0v) is 21.9. The Morgan fingerprint density at radius 3 is 2.37 bits per heavy atom. The molecule has 15 heteroatoms. The minimum atomic E-state index is -4.06. The Labute approximate surface area is 220 Å². The van der Waals surface area contributed by atoms with Crippen molar-refractivity contribution in [2.24, 2.45) is 10.1 Å². The third kappa shape index (κ3) is 5.96. The van der Waals surface area contributed by atoms with Gasteiger partial charge in [0.15, 0.2) is 4.80 Å². The fourth-order valence-corrected chi connectivity index (χ4v) is 6.09. The molecule has 0 fully saturated rings. The highest BCUT2D eigenvalue weighted by Gasteiger charge is 2.17. The van der Waals surface area contributed by atoms with Crippen LogP contribution in [0.2, 0.25) is 0 Å². The van der Waals surface area contributed by atoms with Crippen molar-refractivity contribution in [1.82, 2.24) is 4.57 Å². The third-order valence-corrected chi connectivity index (χ3v) is 8.53. The lowest BCUT2D eigenvalue weighted by Gasteiger charge is -2.09. The van der Waals surface area contributed by atoms with Crippen molar-refractivity contribution < 1.29 is 35.6 Å². The summed E-state index contributed by atoms with van der Waals surface area (Å²) in [6, 6.07) is 13.8.